The summed E-state index contributed by atoms with van der Waals surface area (Å²) in [5.74, 6) is 0.801. The molecule has 2 heteroatoms. The first-order valence-corrected chi connectivity index (χ1v) is 6.74. The van der Waals surface area contributed by atoms with Gasteiger partial charge in [-0.15, -0.1) is 0 Å². The van der Waals surface area contributed by atoms with Crippen LogP contribution in [0.25, 0.3) is 0 Å². The second kappa shape index (κ2) is 5.54. The molecular formula is C15H24N2. The van der Waals surface area contributed by atoms with Gasteiger partial charge >= 0.3 is 0 Å². The Morgan fingerprint density at radius 2 is 2.06 bits per heavy atom. The maximum Gasteiger partial charge on any atom is 0.0369 e. The zero-order valence-electron chi connectivity index (χ0n) is 11.0. The average Bonchev–Trinajstić information content (AvgIpc) is 2.38. The molecule has 2 N–H and O–H groups in total. The molecule has 0 amide bonds. The first kappa shape index (κ1) is 12.4. The van der Waals surface area contributed by atoms with Crippen LogP contribution in [0.5, 0.6) is 0 Å². The van der Waals surface area contributed by atoms with Crippen LogP contribution in [-0.2, 0) is 6.54 Å². The van der Waals surface area contributed by atoms with Gasteiger partial charge in [0.15, 0.2) is 0 Å². The fourth-order valence-electron chi connectivity index (χ4n) is 2.97. The van der Waals surface area contributed by atoms with Gasteiger partial charge < -0.3 is 10.6 Å². The van der Waals surface area contributed by atoms with E-state index < -0.39 is 0 Å². The Kier molecular flexibility index (Phi) is 4.06. The van der Waals surface area contributed by atoms with Crippen molar-refractivity contribution < 1.29 is 0 Å². The fraction of sp³-hybridized carbons (Fsp3) is 0.600. The Balaban J connectivity index is 2.14. The van der Waals surface area contributed by atoms with Gasteiger partial charge in [0, 0.05) is 25.3 Å². The minimum Gasteiger partial charge on any atom is -0.371 e. The number of hydrogen-bond donors (Lipinski definition) is 1. The SMILES string of the molecule is CC1CCCCC1N(C)c1cccc(CN)c1. The highest BCUT2D eigenvalue weighted by Crippen LogP contribution is 2.30. The lowest BCUT2D eigenvalue weighted by molar-refractivity contribution is 0.321. The monoisotopic (exact) mass is 232 g/mol. The van der Waals surface area contributed by atoms with Gasteiger partial charge in [-0.05, 0) is 36.5 Å². The molecule has 2 rings (SSSR count). The summed E-state index contributed by atoms with van der Waals surface area (Å²) in [6, 6.07) is 9.32. The van der Waals surface area contributed by atoms with Crippen LogP contribution >= 0.6 is 0 Å². The van der Waals surface area contributed by atoms with E-state index in [1.165, 1.54) is 36.9 Å². The van der Waals surface area contributed by atoms with Gasteiger partial charge in [-0.2, -0.15) is 0 Å². The molecule has 1 aromatic rings. The van der Waals surface area contributed by atoms with Gasteiger partial charge in [0.25, 0.3) is 0 Å². The Hall–Kier alpha value is -1.02. The fourth-order valence-corrected chi connectivity index (χ4v) is 2.97. The molecule has 1 fully saturated rings. The number of benzene rings is 1. The first-order chi connectivity index (χ1) is 8.22. The minimum atomic E-state index is 0.627. The highest BCUT2D eigenvalue weighted by molar-refractivity contribution is 5.49. The summed E-state index contributed by atoms with van der Waals surface area (Å²) < 4.78 is 0. The van der Waals surface area contributed by atoms with Crippen LogP contribution in [0.2, 0.25) is 0 Å². The molecule has 2 atom stereocenters. The van der Waals surface area contributed by atoms with Crippen molar-refractivity contribution >= 4 is 5.69 Å². The van der Waals surface area contributed by atoms with Crippen molar-refractivity contribution in [1.82, 2.24) is 0 Å². The van der Waals surface area contributed by atoms with Crippen molar-refractivity contribution in [3.05, 3.63) is 29.8 Å². The molecule has 17 heavy (non-hydrogen) atoms. The van der Waals surface area contributed by atoms with Crippen molar-refractivity contribution in [2.45, 2.75) is 45.2 Å². The van der Waals surface area contributed by atoms with Gasteiger partial charge in [0.2, 0.25) is 0 Å². The highest BCUT2D eigenvalue weighted by atomic mass is 15.1. The summed E-state index contributed by atoms with van der Waals surface area (Å²) in [5.41, 5.74) is 8.24. The Labute approximate surface area is 105 Å². The van der Waals surface area contributed by atoms with Crippen LogP contribution in [0.15, 0.2) is 24.3 Å². The van der Waals surface area contributed by atoms with E-state index in [2.05, 4.69) is 43.1 Å². The van der Waals surface area contributed by atoms with E-state index in [0.717, 1.165) is 5.92 Å². The van der Waals surface area contributed by atoms with Gasteiger partial charge in [0.1, 0.15) is 0 Å². The van der Waals surface area contributed by atoms with Crippen LogP contribution in [0.3, 0.4) is 0 Å². The van der Waals surface area contributed by atoms with Crippen molar-refractivity contribution in [3.63, 3.8) is 0 Å². The van der Waals surface area contributed by atoms with E-state index in [4.69, 9.17) is 5.73 Å². The predicted octanol–water partition coefficient (Wildman–Crippen LogP) is 3.16. The van der Waals surface area contributed by atoms with E-state index in [0.29, 0.717) is 12.6 Å². The number of nitrogens with two attached hydrogens (primary N) is 1. The van der Waals surface area contributed by atoms with E-state index in [-0.39, 0.29) is 0 Å². The Morgan fingerprint density at radius 3 is 2.76 bits per heavy atom. The molecule has 0 aliphatic heterocycles. The summed E-state index contributed by atoms with van der Waals surface area (Å²) in [5, 5.41) is 0. The largest absolute Gasteiger partial charge is 0.371 e. The molecule has 0 bridgehead atoms. The quantitative estimate of drug-likeness (QED) is 0.867. The summed E-state index contributed by atoms with van der Waals surface area (Å²) in [7, 11) is 2.22. The van der Waals surface area contributed by atoms with Crippen LogP contribution in [-0.4, -0.2) is 13.1 Å². The molecule has 94 valence electrons. The molecule has 0 heterocycles. The van der Waals surface area contributed by atoms with Crippen molar-refractivity contribution in [2.75, 3.05) is 11.9 Å². The number of nitrogens with zero attached hydrogens (tertiary/aromatic N) is 1. The zero-order valence-corrected chi connectivity index (χ0v) is 11.0. The Morgan fingerprint density at radius 1 is 1.29 bits per heavy atom. The number of anilines is 1. The van der Waals surface area contributed by atoms with E-state index >= 15 is 0 Å². The highest BCUT2D eigenvalue weighted by Gasteiger charge is 2.25. The molecule has 1 aliphatic carbocycles. The second-order valence-corrected chi connectivity index (χ2v) is 5.31. The van der Waals surface area contributed by atoms with Gasteiger partial charge in [0.05, 0.1) is 0 Å². The topological polar surface area (TPSA) is 29.3 Å². The summed E-state index contributed by atoms with van der Waals surface area (Å²) in [6.07, 6.45) is 5.46. The maximum atomic E-state index is 5.71. The second-order valence-electron chi connectivity index (χ2n) is 5.31. The normalized spacial score (nSPS) is 24.6. The third kappa shape index (κ3) is 2.81. The van der Waals surface area contributed by atoms with Crippen molar-refractivity contribution in [1.29, 1.82) is 0 Å². The lowest BCUT2D eigenvalue weighted by Gasteiger charge is -2.37. The number of rotatable bonds is 3. The number of hydrogen-bond acceptors (Lipinski definition) is 2. The summed E-state index contributed by atoms with van der Waals surface area (Å²) >= 11 is 0. The van der Waals surface area contributed by atoms with E-state index in [1.807, 2.05) is 0 Å². The van der Waals surface area contributed by atoms with Crippen LogP contribution in [0, 0.1) is 5.92 Å². The maximum absolute atomic E-state index is 5.71. The molecule has 2 unspecified atom stereocenters. The molecular weight excluding hydrogens is 208 g/mol. The van der Waals surface area contributed by atoms with Crippen LogP contribution in [0.4, 0.5) is 5.69 Å². The third-order valence-corrected chi connectivity index (χ3v) is 4.12. The smallest absolute Gasteiger partial charge is 0.0369 e. The van der Waals surface area contributed by atoms with Crippen molar-refractivity contribution in [2.24, 2.45) is 11.7 Å². The summed E-state index contributed by atoms with van der Waals surface area (Å²) in [6.45, 7) is 3.01. The molecule has 1 aliphatic rings. The van der Waals surface area contributed by atoms with Crippen LogP contribution < -0.4 is 10.6 Å². The average molecular weight is 232 g/mol. The van der Waals surface area contributed by atoms with Crippen molar-refractivity contribution in [3.8, 4) is 0 Å². The third-order valence-electron chi connectivity index (χ3n) is 4.12. The molecule has 0 spiro atoms. The molecule has 2 nitrogen and oxygen atoms in total. The lowest BCUT2D eigenvalue weighted by atomic mass is 9.85. The van der Waals surface area contributed by atoms with E-state index in [9.17, 15) is 0 Å². The molecule has 0 radical (unpaired) electrons. The van der Waals surface area contributed by atoms with Gasteiger partial charge in [-0.1, -0.05) is 31.9 Å². The first-order valence-electron chi connectivity index (χ1n) is 6.74. The lowest BCUT2D eigenvalue weighted by Crippen LogP contribution is -2.39. The van der Waals surface area contributed by atoms with Gasteiger partial charge in [-0.25, -0.2) is 0 Å². The van der Waals surface area contributed by atoms with Gasteiger partial charge in [-0.3, -0.25) is 0 Å². The molecule has 0 saturated heterocycles. The zero-order chi connectivity index (χ0) is 12.3. The minimum absolute atomic E-state index is 0.627. The standard InChI is InChI=1S/C15H24N2/c1-12-6-3-4-9-15(12)17(2)14-8-5-7-13(10-14)11-16/h5,7-8,10,12,15H,3-4,6,9,11,16H2,1-2H3. The predicted molar refractivity (Wildman–Crippen MR) is 74.2 cm³/mol. The molecule has 1 saturated carbocycles. The van der Waals surface area contributed by atoms with E-state index in [1.54, 1.807) is 0 Å². The Bertz CT molecular complexity index is 362. The van der Waals surface area contributed by atoms with Crippen LogP contribution in [0.1, 0.15) is 38.2 Å². The molecule has 0 aromatic heterocycles. The summed E-state index contributed by atoms with van der Waals surface area (Å²) in [4.78, 5) is 2.45. The molecule has 1 aromatic carbocycles.